The van der Waals surface area contributed by atoms with Gasteiger partial charge < -0.3 is 34.3 Å². The molecule has 0 saturated carbocycles. The number of aliphatic hydroxyl groups is 3. The Morgan fingerprint density at radius 3 is 1.63 bits per heavy atom. The maximum Gasteiger partial charge on any atom is 0.306 e. The highest BCUT2D eigenvalue weighted by molar-refractivity contribution is 7.85. The molecule has 0 spiro atoms. The van der Waals surface area contributed by atoms with Crippen molar-refractivity contribution in [3.8, 4) is 0 Å². The zero-order valence-corrected chi connectivity index (χ0v) is 36.6. The number of unbranched alkanes of at least 4 members (excludes halogenated alkanes) is 15. The van der Waals surface area contributed by atoms with Gasteiger partial charge >= 0.3 is 11.9 Å². The number of carbonyl (C=O) groups is 2. The van der Waals surface area contributed by atoms with Crippen LogP contribution in [0.2, 0.25) is 0 Å². The van der Waals surface area contributed by atoms with E-state index in [0.29, 0.717) is 12.8 Å². The number of aliphatic hydroxyl groups excluding tert-OH is 3. The van der Waals surface area contributed by atoms with Crippen molar-refractivity contribution in [2.45, 2.75) is 185 Å². The monoisotopic (exact) mass is 853 g/mol. The molecule has 1 heterocycles. The highest BCUT2D eigenvalue weighted by Crippen LogP contribution is 2.24. The summed E-state index contributed by atoms with van der Waals surface area (Å²) in [6.45, 7) is 3.55. The summed E-state index contributed by atoms with van der Waals surface area (Å²) < 4.78 is 53.9. The second-order valence-corrected chi connectivity index (χ2v) is 16.6. The predicted octanol–water partition coefficient (Wildman–Crippen LogP) is 8.72. The number of carbonyl (C=O) groups excluding carboxylic acids is 2. The minimum Gasteiger partial charge on any atom is -0.462 e. The van der Waals surface area contributed by atoms with Crippen LogP contribution in [0.5, 0.6) is 0 Å². The Kier molecular flexibility index (Phi) is 32.8. The number of hydrogen-bond acceptors (Lipinski definition) is 11. The molecular formula is C46H76O12S. The highest BCUT2D eigenvalue weighted by atomic mass is 32.2. The molecule has 1 fully saturated rings. The van der Waals surface area contributed by atoms with Gasteiger partial charge in [0.2, 0.25) is 0 Å². The van der Waals surface area contributed by atoms with Crippen LogP contribution in [0.3, 0.4) is 0 Å². The first-order valence-electron chi connectivity index (χ1n) is 22.1. The quantitative estimate of drug-likeness (QED) is 0.0206. The zero-order valence-electron chi connectivity index (χ0n) is 35.8. The van der Waals surface area contributed by atoms with E-state index in [1.54, 1.807) is 0 Å². The van der Waals surface area contributed by atoms with E-state index in [2.05, 4.69) is 50.3 Å². The number of hydrogen-bond donors (Lipinski definition) is 4. The van der Waals surface area contributed by atoms with Gasteiger partial charge in [-0.25, -0.2) is 0 Å². The summed E-state index contributed by atoms with van der Waals surface area (Å²) in [7, 11) is -4.61. The Balaban J connectivity index is 2.49. The van der Waals surface area contributed by atoms with E-state index < -0.39 is 71.2 Å². The molecular weight excluding hydrogens is 777 g/mol. The van der Waals surface area contributed by atoms with Crippen molar-refractivity contribution in [1.82, 2.24) is 0 Å². The topological polar surface area (TPSA) is 186 Å². The van der Waals surface area contributed by atoms with Crippen LogP contribution in [-0.2, 0) is 38.7 Å². The van der Waals surface area contributed by atoms with Crippen molar-refractivity contribution in [3.63, 3.8) is 0 Å². The molecule has 0 aromatic carbocycles. The maximum atomic E-state index is 12.8. The summed E-state index contributed by atoms with van der Waals surface area (Å²) in [4.78, 5) is 25.3. The minimum atomic E-state index is -4.61. The van der Waals surface area contributed by atoms with Gasteiger partial charge in [-0.2, -0.15) is 8.42 Å². The van der Waals surface area contributed by atoms with Crippen LogP contribution in [0.1, 0.15) is 149 Å². The summed E-state index contributed by atoms with van der Waals surface area (Å²) in [5.74, 6) is -2.07. The molecule has 6 atom stereocenters. The van der Waals surface area contributed by atoms with Crippen LogP contribution < -0.4 is 0 Å². The van der Waals surface area contributed by atoms with Gasteiger partial charge in [0.25, 0.3) is 10.1 Å². The Bertz CT molecular complexity index is 1370. The van der Waals surface area contributed by atoms with Crippen molar-refractivity contribution in [1.29, 1.82) is 0 Å². The minimum absolute atomic E-state index is 0.111. The Labute approximate surface area is 355 Å². The molecule has 1 rings (SSSR count). The molecule has 13 heteroatoms. The predicted molar refractivity (Wildman–Crippen MR) is 233 cm³/mol. The van der Waals surface area contributed by atoms with Crippen LogP contribution in [0.4, 0.5) is 0 Å². The van der Waals surface area contributed by atoms with Gasteiger partial charge in [0, 0.05) is 12.8 Å². The first kappa shape index (κ1) is 54.1. The molecule has 0 radical (unpaired) electrons. The van der Waals surface area contributed by atoms with Gasteiger partial charge in [0.15, 0.2) is 12.4 Å². The molecule has 12 nitrogen and oxygen atoms in total. The zero-order chi connectivity index (χ0) is 43.4. The normalized spacial score (nSPS) is 20.9. The molecule has 0 aliphatic carbocycles. The van der Waals surface area contributed by atoms with Crippen molar-refractivity contribution < 1.29 is 56.8 Å². The molecule has 0 bridgehead atoms. The average Bonchev–Trinajstić information content (AvgIpc) is 3.20. The van der Waals surface area contributed by atoms with E-state index in [1.165, 1.54) is 44.9 Å². The lowest BCUT2D eigenvalue weighted by molar-refractivity contribution is -0.297. The van der Waals surface area contributed by atoms with Crippen LogP contribution in [-0.4, -0.2) is 96.0 Å². The highest BCUT2D eigenvalue weighted by Gasteiger charge is 2.46. The Morgan fingerprint density at radius 2 is 1.07 bits per heavy atom. The molecule has 1 saturated heterocycles. The van der Waals surface area contributed by atoms with Gasteiger partial charge in [-0.3, -0.25) is 14.1 Å². The van der Waals surface area contributed by atoms with Crippen molar-refractivity contribution in [2.24, 2.45) is 0 Å². The van der Waals surface area contributed by atoms with Crippen LogP contribution in [0, 0.1) is 0 Å². The lowest BCUT2D eigenvalue weighted by Gasteiger charge is -2.40. The van der Waals surface area contributed by atoms with E-state index in [-0.39, 0.29) is 19.4 Å². The summed E-state index contributed by atoms with van der Waals surface area (Å²) in [6.07, 6.45) is 35.3. The summed E-state index contributed by atoms with van der Waals surface area (Å²) in [5.41, 5.74) is 0. The maximum absolute atomic E-state index is 12.8. The Hall–Kier alpha value is -2.91. The third kappa shape index (κ3) is 30.7. The van der Waals surface area contributed by atoms with Crippen molar-refractivity contribution in [2.75, 3.05) is 19.0 Å². The standard InChI is InChI=1S/C46H76O12S/c1-3-5-7-9-11-13-15-17-18-19-20-21-23-24-26-28-30-32-34-41(47)55-36-39(37-56-46-45(51)44(50)43(49)40(58-46)38-59(52,53)54)57-42(48)35-33-31-29-27-25-22-16-14-12-10-8-6-4-2/h6,8,10,12,14,16,18-22,25,39-40,43-46,49-51H,3-5,7,9,11,13,15,17,23-24,26-38H2,1-2H3,(H,52,53,54)/b8-6+,12-10+,16-14+,19-18+,21-20+,25-22+/t39?,40-,43-,44?,45?,46+/m1/s1. The molecule has 1 aliphatic rings. The van der Waals surface area contributed by atoms with E-state index >= 15 is 0 Å². The van der Waals surface area contributed by atoms with Crippen LogP contribution in [0.25, 0.3) is 0 Å². The van der Waals surface area contributed by atoms with Gasteiger partial charge in [0.1, 0.15) is 36.8 Å². The molecule has 0 aromatic rings. The van der Waals surface area contributed by atoms with Gasteiger partial charge in [-0.15, -0.1) is 0 Å². The van der Waals surface area contributed by atoms with Gasteiger partial charge in [-0.1, -0.05) is 151 Å². The summed E-state index contributed by atoms with van der Waals surface area (Å²) in [5, 5.41) is 30.8. The lowest BCUT2D eigenvalue weighted by atomic mass is 10.00. The van der Waals surface area contributed by atoms with Crippen molar-refractivity contribution >= 4 is 22.1 Å². The van der Waals surface area contributed by atoms with E-state index in [9.17, 15) is 37.9 Å². The fourth-order valence-corrected chi connectivity index (χ4v) is 6.90. The molecule has 59 heavy (non-hydrogen) atoms. The van der Waals surface area contributed by atoms with E-state index in [4.69, 9.17) is 18.9 Å². The Morgan fingerprint density at radius 1 is 0.593 bits per heavy atom. The second-order valence-electron chi connectivity index (χ2n) is 15.1. The van der Waals surface area contributed by atoms with Gasteiger partial charge in [-0.05, 0) is 57.8 Å². The number of rotatable bonds is 35. The third-order valence-corrected chi connectivity index (χ3v) is 10.4. The van der Waals surface area contributed by atoms with E-state index in [0.717, 1.165) is 64.2 Å². The first-order chi connectivity index (χ1) is 28.5. The van der Waals surface area contributed by atoms with Crippen molar-refractivity contribution in [3.05, 3.63) is 72.9 Å². The van der Waals surface area contributed by atoms with E-state index in [1.807, 2.05) is 36.5 Å². The molecule has 1 aliphatic heterocycles. The van der Waals surface area contributed by atoms with Gasteiger partial charge in [0.05, 0.1) is 6.61 Å². The van der Waals surface area contributed by atoms with Crippen LogP contribution >= 0.6 is 0 Å². The number of ether oxygens (including phenoxy) is 4. The fraction of sp³-hybridized carbons (Fsp3) is 0.696. The number of allylic oxidation sites excluding steroid dienone is 12. The molecule has 338 valence electrons. The molecule has 0 amide bonds. The average molecular weight is 853 g/mol. The molecule has 3 unspecified atom stereocenters. The SMILES string of the molecule is CC/C=C/C=C/C=C/C=C/CCCCCC(=O)OC(COC(=O)CCCCCCC/C=C/C=C/CCCCCCCCC)CO[C@H]1O[C@H](CS(=O)(=O)O)[C@@H](O)C(O)C1O. The summed E-state index contributed by atoms with van der Waals surface area (Å²) in [6, 6.07) is 0. The second kappa shape index (κ2) is 35.8. The fourth-order valence-electron chi connectivity index (χ4n) is 6.21. The first-order valence-corrected chi connectivity index (χ1v) is 23.7. The van der Waals surface area contributed by atoms with Crippen LogP contribution in [0.15, 0.2) is 72.9 Å². The lowest BCUT2D eigenvalue weighted by Crippen LogP contribution is -2.60. The summed E-state index contributed by atoms with van der Waals surface area (Å²) >= 11 is 0. The smallest absolute Gasteiger partial charge is 0.306 e. The molecule has 4 N–H and O–H groups in total. The third-order valence-electron chi connectivity index (χ3n) is 9.64. The largest absolute Gasteiger partial charge is 0.462 e. The molecule has 0 aromatic heterocycles. The number of esters is 2.